The summed E-state index contributed by atoms with van der Waals surface area (Å²) in [5.74, 6) is -1.17. The Morgan fingerprint density at radius 3 is 2.36 bits per heavy atom. The molecule has 0 bridgehead atoms. The fourth-order valence-electron chi connectivity index (χ4n) is 2.25. The van der Waals surface area contributed by atoms with Crippen LogP contribution in [0.5, 0.6) is 0 Å². The monoisotopic (exact) mass is 349 g/mol. The zero-order chi connectivity index (χ0) is 18.2. The first kappa shape index (κ1) is 18.4. The van der Waals surface area contributed by atoms with E-state index in [1.807, 2.05) is 6.07 Å². The molecule has 25 heavy (non-hydrogen) atoms. The van der Waals surface area contributed by atoms with E-state index in [2.05, 4.69) is 5.32 Å². The van der Waals surface area contributed by atoms with E-state index in [1.54, 1.807) is 24.3 Å². The van der Waals surface area contributed by atoms with Crippen LogP contribution in [0.4, 0.5) is 13.6 Å². The summed E-state index contributed by atoms with van der Waals surface area (Å²) in [6.45, 7) is 0.0174. The number of alkyl carbamates (subject to hydrolysis) is 1. The first-order valence-corrected chi connectivity index (χ1v) is 7.52. The minimum Gasteiger partial charge on any atom is -0.481 e. The minimum atomic E-state index is -2.68. The fourth-order valence-corrected chi connectivity index (χ4v) is 2.25. The lowest BCUT2D eigenvalue weighted by atomic mass is 10.0. The number of halogens is 2. The van der Waals surface area contributed by atoms with Gasteiger partial charge < -0.3 is 15.2 Å². The molecule has 0 aliphatic carbocycles. The van der Waals surface area contributed by atoms with Crippen LogP contribution in [0.2, 0.25) is 0 Å². The van der Waals surface area contributed by atoms with Crippen molar-refractivity contribution in [1.29, 1.82) is 0 Å². The lowest BCUT2D eigenvalue weighted by Crippen LogP contribution is -2.30. The van der Waals surface area contributed by atoms with Crippen LogP contribution < -0.4 is 5.32 Å². The third-order valence-electron chi connectivity index (χ3n) is 3.45. The summed E-state index contributed by atoms with van der Waals surface area (Å²) in [4.78, 5) is 22.9. The molecule has 1 atom stereocenters. The van der Waals surface area contributed by atoms with Gasteiger partial charge in [0.2, 0.25) is 0 Å². The van der Waals surface area contributed by atoms with E-state index in [9.17, 15) is 18.4 Å². The third-order valence-corrected chi connectivity index (χ3v) is 3.45. The van der Waals surface area contributed by atoms with Gasteiger partial charge in [-0.25, -0.2) is 13.6 Å². The van der Waals surface area contributed by atoms with E-state index in [-0.39, 0.29) is 17.7 Å². The van der Waals surface area contributed by atoms with Crippen LogP contribution in [0, 0.1) is 0 Å². The van der Waals surface area contributed by atoms with Crippen molar-refractivity contribution in [2.24, 2.45) is 0 Å². The molecular weight excluding hydrogens is 332 g/mol. The molecule has 2 aromatic carbocycles. The normalized spacial score (nSPS) is 11.8. The zero-order valence-corrected chi connectivity index (χ0v) is 13.2. The number of benzene rings is 2. The van der Waals surface area contributed by atoms with Crippen molar-refractivity contribution in [1.82, 2.24) is 5.32 Å². The number of hydrogen-bond acceptors (Lipinski definition) is 3. The van der Waals surface area contributed by atoms with Gasteiger partial charge in [-0.15, -0.1) is 0 Å². The van der Waals surface area contributed by atoms with Crippen molar-refractivity contribution < 1.29 is 28.2 Å². The predicted molar refractivity (Wildman–Crippen MR) is 86.2 cm³/mol. The van der Waals surface area contributed by atoms with Crippen molar-refractivity contribution in [2.45, 2.75) is 25.5 Å². The standard InChI is InChI=1S/C18H17F2NO4/c19-17(20)14-8-4-7-13(9-14)15(10-16(22)23)21-18(24)25-11-12-5-2-1-3-6-12/h1-9,15,17H,10-11H2,(H,21,24)(H,22,23)/t15-/m0/s1. The molecule has 2 rings (SSSR count). The Balaban J connectivity index is 2.05. The summed E-state index contributed by atoms with van der Waals surface area (Å²) in [6.07, 6.45) is -3.96. The second kappa shape index (κ2) is 8.77. The molecule has 0 aromatic heterocycles. The molecule has 1 amide bonds. The molecule has 0 heterocycles. The average Bonchev–Trinajstić information content (AvgIpc) is 2.60. The van der Waals surface area contributed by atoms with Gasteiger partial charge in [-0.2, -0.15) is 0 Å². The first-order valence-electron chi connectivity index (χ1n) is 7.52. The Morgan fingerprint density at radius 2 is 1.72 bits per heavy atom. The number of aliphatic carboxylic acids is 1. The van der Waals surface area contributed by atoms with Gasteiger partial charge in [-0.05, 0) is 17.2 Å². The van der Waals surface area contributed by atoms with E-state index >= 15 is 0 Å². The topological polar surface area (TPSA) is 75.6 Å². The van der Waals surface area contributed by atoms with E-state index in [4.69, 9.17) is 9.84 Å². The molecule has 0 aliphatic rings. The Bertz CT molecular complexity index is 722. The zero-order valence-electron chi connectivity index (χ0n) is 13.2. The van der Waals surface area contributed by atoms with E-state index in [0.29, 0.717) is 0 Å². The van der Waals surface area contributed by atoms with Crippen LogP contribution in [0.25, 0.3) is 0 Å². The lowest BCUT2D eigenvalue weighted by molar-refractivity contribution is -0.137. The third kappa shape index (κ3) is 5.87. The molecule has 0 radical (unpaired) electrons. The van der Waals surface area contributed by atoms with Crippen LogP contribution in [0.3, 0.4) is 0 Å². The average molecular weight is 349 g/mol. The number of rotatable bonds is 7. The minimum absolute atomic E-state index is 0.0174. The van der Waals surface area contributed by atoms with Crippen molar-refractivity contribution >= 4 is 12.1 Å². The van der Waals surface area contributed by atoms with E-state index < -0.39 is 31.0 Å². The van der Waals surface area contributed by atoms with Gasteiger partial charge in [0.25, 0.3) is 6.43 Å². The highest BCUT2D eigenvalue weighted by atomic mass is 19.3. The summed E-state index contributed by atoms with van der Waals surface area (Å²) < 4.78 is 30.7. The van der Waals surface area contributed by atoms with Gasteiger partial charge in [-0.1, -0.05) is 48.5 Å². The molecule has 0 aliphatic heterocycles. The molecule has 132 valence electrons. The fraction of sp³-hybridized carbons (Fsp3) is 0.222. The SMILES string of the molecule is O=C(O)C[C@H](NC(=O)OCc1ccccc1)c1cccc(C(F)F)c1. The highest BCUT2D eigenvalue weighted by molar-refractivity contribution is 5.72. The van der Waals surface area contributed by atoms with Crippen LogP contribution in [-0.4, -0.2) is 17.2 Å². The Morgan fingerprint density at radius 1 is 1.04 bits per heavy atom. The van der Waals surface area contributed by atoms with Gasteiger partial charge >= 0.3 is 12.1 Å². The largest absolute Gasteiger partial charge is 0.481 e. The van der Waals surface area contributed by atoms with Crippen molar-refractivity contribution in [3.8, 4) is 0 Å². The summed E-state index contributed by atoms with van der Waals surface area (Å²) >= 11 is 0. The number of amides is 1. The molecule has 0 saturated heterocycles. The number of carbonyl (C=O) groups excluding carboxylic acids is 1. The molecule has 2 aromatic rings. The number of nitrogens with one attached hydrogen (secondary N) is 1. The maximum absolute atomic E-state index is 12.8. The summed E-state index contributed by atoms with van der Waals surface area (Å²) in [5, 5.41) is 11.4. The molecule has 0 fully saturated rings. The Kier molecular flexibility index (Phi) is 6.45. The van der Waals surface area contributed by atoms with Gasteiger partial charge in [0.05, 0.1) is 12.5 Å². The Labute approximate surface area is 143 Å². The highest BCUT2D eigenvalue weighted by Crippen LogP contribution is 2.24. The van der Waals surface area contributed by atoms with Crippen molar-refractivity contribution in [3.63, 3.8) is 0 Å². The highest BCUT2D eigenvalue weighted by Gasteiger charge is 2.20. The molecule has 0 spiro atoms. The maximum atomic E-state index is 12.8. The lowest BCUT2D eigenvalue weighted by Gasteiger charge is -2.18. The summed E-state index contributed by atoms with van der Waals surface area (Å²) in [5.41, 5.74) is 0.802. The number of ether oxygens (including phenoxy) is 1. The van der Waals surface area contributed by atoms with Crippen LogP contribution in [-0.2, 0) is 16.1 Å². The van der Waals surface area contributed by atoms with Gasteiger partial charge in [-0.3, -0.25) is 4.79 Å². The maximum Gasteiger partial charge on any atom is 0.407 e. The van der Waals surface area contributed by atoms with Gasteiger partial charge in [0.15, 0.2) is 0 Å². The van der Waals surface area contributed by atoms with E-state index in [0.717, 1.165) is 5.56 Å². The smallest absolute Gasteiger partial charge is 0.407 e. The van der Waals surface area contributed by atoms with Gasteiger partial charge in [0, 0.05) is 5.56 Å². The predicted octanol–water partition coefficient (Wildman–Crippen LogP) is 4.07. The quantitative estimate of drug-likeness (QED) is 0.790. The number of carboxylic acid groups (broad SMARTS) is 1. The Hall–Kier alpha value is -2.96. The molecule has 5 nitrogen and oxygen atoms in total. The second-order valence-electron chi connectivity index (χ2n) is 5.33. The van der Waals surface area contributed by atoms with E-state index in [1.165, 1.54) is 24.3 Å². The number of alkyl halides is 2. The number of hydrogen-bond donors (Lipinski definition) is 2. The van der Waals surface area contributed by atoms with Crippen LogP contribution in [0.1, 0.15) is 35.6 Å². The molecule has 0 saturated carbocycles. The molecule has 7 heteroatoms. The number of carboxylic acids is 1. The van der Waals surface area contributed by atoms with Crippen molar-refractivity contribution in [2.75, 3.05) is 0 Å². The molecule has 0 unspecified atom stereocenters. The number of carbonyl (C=O) groups is 2. The molecule has 2 N–H and O–H groups in total. The summed E-state index contributed by atoms with van der Waals surface area (Å²) in [7, 11) is 0. The van der Waals surface area contributed by atoms with Crippen LogP contribution in [0.15, 0.2) is 54.6 Å². The van der Waals surface area contributed by atoms with Gasteiger partial charge in [0.1, 0.15) is 6.61 Å². The first-order chi connectivity index (χ1) is 12.0. The second-order valence-corrected chi connectivity index (χ2v) is 5.33. The molecular formula is C18H17F2NO4. The van der Waals surface area contributed by atoms with Crippen molar-refractivity contribution in [3.05, 3.63) is 71.3 Å². The van der Waals surface area contributed by atoms with Crippen LogP contribution >= 0.6 is 0 Å². The summed E-state index contributed by atoms with van der Waals surface area (Å²) in [6, 6.07) is 13.3.